The van der Waals surface area contributed by atoms with E-state index in [0.717, 1.165) is 29.3 Å². The quantitative estimate of drug-likeness (QED) is 0.718. The van der Waals surface area contributed by atoms with Gasteiger partial charge in [0.25, 0.3) is 0 Å². The van der Waals surface area contributed by atoms with Crippen LogP contribution in [-0.2, 0) is 16.0 Å². The zero-order valence-electron chi connectivity index (χ0n) is 16.6. The van der Waals surface area contributed by atoms with Crippen molar-refractivity contribution >= 4 is 27.8 Å². The Labute approximate surface area is 172 Å². The normalized spacial score (nSPS) is 25.9. The molecule has 1 saturated carbocycles. The number of carbonyl (C=O) groups is 1. The third kappa shape index (κ3) is 3.39. The van der Waals surface area contributed by atoms with Crippen molar-refractivity contribution in [1.29, 1.82) is 5.26 Å². The zero-order valence-corrected chi connectivity index (χ0v) is 16.6. The highest BCUT2D eigenvalue weighted by Crippen LogP contribution is 2.34. The number of halogens is 1. The molecule has 1 amide bonds. The van der Waals surface area contributed by atoms with Crippen LogP contribution in [0.4, 0.5) is 4.39 Å². The molecule has 2 aromatic heterocycles. The minimum absolute atomic E-state index is 0.0725. The van der Waals surface area contributed by atoms with Crippen molar-refractivity contribution in [2.24, 2.45) is 0 Å². The van der Waals surface area contributed by atoms with E-state index < -0.39 is 6.17 Å². The Morgan fingerprint density at radius 1 is 1.40 bits per heavy atom. The zero-order chi connectivity index (χ0) is 20.8. The molecule has 1 N–H and O–H groups in total. The fourth-order valence-corrected chi connectivity index (χ4v) is 4.34. The fraction of sp³-hybridized carbons (Fsp3) is 0.455. The molecule has 1 aliphatic carbocycles. The smallest absolute Gasteiger partial charge is 0.227 e. The van der Waals surface area contributed by atoms with Crippen molar-refractivity contribution in [1.82, 2.24) is 19.9 Å². The van der Waals surface area contributed by atoms with E-state index in [-0.39, 0.29) is 30.5 Å². The minimum atomic E-state index is -0.943. The highest BCUT2D eigenvalue weighted by molar-refractivity contribution is 6.03. The maximum atomic E-state index is 13.2. The largest absolute Gasteiger partial charge is 0.378 e. The Bertz CT molecular complexity index is 1180. The van der Waals surface area contributed by atoms with E-state index in [1.807, 2.05) is 19.1 Å². The number of hydrogen-bond acceptors (Lipinski definition) is 5. The number of nitrogens with one attached hydrogen (secondary N) is 1. The Morgan fingerprint density at radius 3 is 2.97 bits per heavy atom. The van der Waals surface area contributed by atoms with Crippen LogP contribution < -0.4 is 5.32 Å². The summed E-state index contributed by atoms with van der Waals surface area (Å²) in [5, 5.41) is 12.9. The second-order valence-corrected chi connectivity index (χ2v) is 8.20. The van der Waals surface area contributed by atoms with Crippen molar-refractivity contribution in [3.8, 4) is 6.07 Å². The second-order valence-electron chi connectivity index (χ2n) is 8.20. The van der Waals surface area contributed by atoms with Crippen LogP contribution in [0.1, 0.15) is 43.6 Å². The van der Waals surface area contributed by atoms with Crippen LogP contribution in [0.15, 0.2) is 24.4 Å². The van der Waals surface area contributed by atoms with Gasteiger partial charge in [0, 0.05) is 24.5 Å². The lowest BCUT2D eigenvalue weighted by Crippen LogP contribution is -2.31. The van der Waals surface area contributed by atoms with Gasteiger partial charge in [0.2, 0.25) is 5.91 Å². The number of alkyl halides is 1. The topological polar surface area (TPSA) is 92.8 Å². The number of benzene rings is 1. The molecule has 0 radical (unpaired) electrons. The summed E-state index contributed by atoms with van der Waals surface area (Å²) in [7, 11) is 0. The average molecular weight is 407 g/mol. The molecule has 0 unspecified atom stereocenters. The molecule has 3 aromatic rings. The number of aromatic nitrogens is 3. The van der Waals surface area contributed by atoms with Crippen LogP contribution in [0.25, 0.3) is 21.9 Å². The number of pyridine rings is 1. The molecule has 1 saturated heterocycles. The average Bonchev–Trinajstić information content (AvgIpc) is 3.29. The van der Waals surface area contributed by atoms with E-state index in [4.69, 9.17) is 9.72 Å². The Balaban J connectivity index is 1.64. The monoisotopic (exact) mass is 407 g/mol. The molecular weight excluding hydrogens is 385 g/mol. The number of carbonyl (C=O) groups excluding carboxylic acids is 1. The second kappa shape index (κ2) is 7.33. The summed E-state index contributed by atoms with van der Waals surface area (Å²) in [5.41, 5.74) is 2.90. The summed E-state index contributed by atoms with van der Waals surface area (Å²) in [4.78, 5) is 21.7. The van der Waals surface area contributed by atoms with E-state index >= 15 is 0 Å². The van der Waals surface area contributed by atoms with Gasteiger partial charge in [-0.15, -0.1) is 0 Å². The van der Waals surface area contributed by atoms with E-state index in [9.17, 15) is 14.4 Å². The van der Waals surface area contributed by atoms with Gasteiger partial charge < -0.3 is 14.6 Å². The number of nitriles is 1. The summed E-state index contributed by atoms with van der Waals surface area (Å²) in [6, 6.07) is 7.33. The molecule has 1 aromatic carbocycles. The van der Waals surface area contributed by atoms with Crippen LogP contribution in [0.5, 0.6) is 0 Å². The number of imidazole rings is 1. The molecule has 2 fully saturated rings. The summed E-state index contributed by atoms with van der Waals surface area (Å²) in [6.07, 6.45) is 2.93. The van der Waals surface area contributed by atoms with Crippen molar-refractivity contribution in [2.75, 3.05) is 6.61 Å². The number of nitrogens with zero attached hydrogens (tertiary/aromatic N) is 4. The van der Waals surface area contributed by atoms with Gasteiger partial charge in [0.1, 0.15) is 17.5 Å². The van der Waals surface area contributed by atoms with Crippen LogP contribution in [0.2, 0.25) is 0 Å². The first kappa shape index (κ1) is 18.9. The molecule has 7 nitrogen and oxygen atoms in total. The highest BCUT2D eigenvalue weighted by atomic mass is 19.1. The van der Waals surface area contributed by atoms with Crippen molar-refractivity contribution in [3.63, 3.8) is 0 Å². The van der Waals surface area contributed by atoms with Gasteiger partial charge in [-0.3, -0.25) is 9.78 Å². The molecule has 154 valence electrons. The minimum Gasteiger partial charge on any atom is -0.378 e. The lowest BCUT2D eigenvalue weighted by molar-refractivity contribution is -0.120. The SMILES string of the molecule is C[C@@H]1C[C@H](n2c(CC(=O)N[C@H]3C[C@@H]3F)nc3cnc4ccc(C#N)cc4c32)CCO1. The molecule has 3 heterocycles. The van der Waals surface area contributed by atoms with Gasteiger partial charge >= 0.3 is 0 Å². The molecule has 0 spiro atoms. The molecule has 4 atom stereocenters. The standard InChI is InChI=1S/C22H22FN5O2/c1-12-6-14(4-5-30-12)28-20(9-21(29)27-18-8-16(18)23)26-19-11-25-17-3-2-13(10-24)7-15(17)22(19)28/h2-3,7,11-12,14,16,18H,4-6,8-9H2,1H3,(H,27,29)/t12-,14-,16+,18+/m1/s1. The lowest BCUT2D eigenvalue weighted by Gasteiger charge is -2.30. The lowest BCUT2D eigenvalue weighted by atomic mass is 10.0. The fourth-order valence-electron chi connectivity index (χ4n) is 4.34. The Hall–Kier alpha value is -3.05. The van der Waals surface area contributed by atoms with Crippen LogP contribution >= 0.6 is 0 Å². The summed E-state index contributed by atoms with van der Waals surface area (Å²) in [5.74, 6) is 0.404. The molecule has 8 heteroatoms. The van der Waals surface area contributed by atoms with Crippen molar-refractivity contribution in [2.45, 2.75) is 57.0 Å². The third-order valence-corrected chi connectivity index (χ3v) is 5.92. The van der Waals surface area contributed by atoms with Gasteiger partial charge in [0.15, 0.2) is 0 Å². The van der Waals surface area contributed by atoms with Gasteiger partial charge in [0.05, 0.1) is 47.4 Å². The number of ether oxygens (including phenoxy) is 1. The molecule has 0 bridgehead atoms. The number of hydrogen-bond donors (Lipinski definition) is 1. The molecule has 30 heavy (non-hydrogen) atoms. The first-order chi connectivity index (χ1) is 14.5. The predicted molar refractivity (Wildman–Crippen MR) is 109 cm³/mol. The first-order valence-corrected chi connectivity index (χ1v) is 10.3. The highest BCUT2D eigenvalue weighted by Gasteiger charge is 2.39. The summed E-state index contributed by atoms with van der Waals surface area (Å²) < 4.78 is 21.1. The number of amides is 1. The van der Waals surface area contributed by atoms with Gasteiger partial charge in [-0.2, -0.15) is 5.26 Å². The predicted octanol–water partition coefficient (Wildman–Crippen LogP) is 2.97. The van der Waals surface area contributed by atoms with E-state index in [1.165, 1.54) is 0 Å². The van der Waals surface area contributed by atoms with E-state index in [1.54, 1.807) is 12.3 Å². The van der Waals surface area contributed by atoms with Gasteiger partial charge in [-0.25, -0.2) is 9.37 Å². The number of rotatable bonds is 4. The van der Waals surface area contributed by atoms with Crippen LogP contribution in [0.3, 0.4) is 0 Å². The first-order valence-electron chi connectivity index (χ1n) is 10.3. The Morgan fingerprint density at radius 2 is 2.23 bits per heavy atom. The van der Waals surface area contributed by atoms with E-state index in [2.05, 4.69) is 20.9 Å². The van der Waals surface area contributed by atoms with Crippen LogP contribution in [-0.4, -0.2) is 45.4 Å². The number of fused-ring (bicyclic) bond motifs is 3. The molecular formula is C22H22FN5O2. The van der Waals surface area contributed by atoms with E-state index in [0.29, 0.717) is 29.9 Å². The summed E-state index contributed by atoms with van der Waals surface area (Å²) in [6.45, 7) is 2.68. The van der Waals surface area contributed by atoms with Crippen molar-refractivity contribution < 1.29 is 13.9 Å². The maximum Gasteiger partial charge on any atom is 0.227 e. The van der Waals surface area contributed by atoms with Crippen molar-refractivity contribution in [3.05, 3.63) is 35.8 Å². The van der Waals surface area contributed by atoms with Gasteiger partial charge in [-0.1, -0.05) is 0 Å². The van der Waals surface area contributed by atoms with Crippen LogP contribution in [0, 0.1) is 11.3 Å². The third-order valence-electron chi connectivity index (χ3n) is 5.92. The molecule has 5 rings (SSSR count). The van der Waals surface area contributed by atoms with Gasteiger partial charge in [-0.05, 0) is 38.0 Å². The Kier molecular flexibility index (Phi) is 4.63. The maximum absolute atomic E-state index is 13.2. The summed E-state index contributed by atoms with van der Waals surface area (Å²) >= 11 is 0. The molecule has 1 aliphatic heterocycles. The molecule has 2 aliphatic rings.